The van der Waals surface area contributed by atoms with Crippen LogP contribution in [0.1, 0.15) is 228 Å². The highest BCUT2D eigenvalue weighted by atomic mass is 16.7. The minimum absolute atomic E-state index is 0.0457. The first kappa shape index (κ1) is 144. The van der Waals surface area contributed by atoms with Crippen molar-refractivity contribution < 1.29 is 66.8 Å². The van der Waals surface area contributed by atoms with E-state index >= 15 is 0 Å². The lowest BCUT2D eigenvalue weighted by Gasteiger charge is -2.20. The van der Waals surface area contributed by atoms with E-state index in [1.165, 1.54) is 117 Å². The van der Waals surface area contributed by atoms with Gasteiger partial charge in [-0.25, -0.2) is 4.79 Å². The maximum absolute atomic E-state index is 11.4. The molecule has 0 spiro atoms. The summed E-state index contributed by atoms with van der Waals surface area (Å²) in [6.07, 6.45) is 24.8. The molecular formula is C117H177N3O14. The van der Waals surface area contributed by atoms with Gasteiger partial charge in [0.2, 0.25) is 6.29 Å². The molecule has 14 rings (SSSR count). The van der Waals surface area contributed by atoms with Gasteiger partial charge >= 0.3 is 11.9 Å². The number of aromatic nitrogens is 1. The Labute approximate surface area is 815 Å². The predicted molar refractivity (Wildman–Crippen MR) is 578 cm³/mol. The van der Waals surface area contributed by atoms with E-state index < -0.39 is 5.92 Å². The molecule has 3 aliphatic heterocycles. The number of likely N-dealkylation sites (tertiary alicyclic amines) is 2. The molecule has 4 heterocycles. The molecular weight excluding hydrogens is 1670 g/mol. The molecule has 0 atom stereocenters. The number of esters is 2. The first-order valence-corrected chi connectivity index (χ1v) is 45.1. The molecule has 8 aromatic rings. The molecule has 134 heavy (non-hydrogen) atoms. The second kappa shape index (κ2) is 107. The number of methoxy groups -OCH3 is 3. The molecule has 3 fully saturated rings. The largest absolute Gasteiger partial charge is 0.497 e. The molecule has 0 radical (unpaired) electrons. The monoisotopic (exact) mass is 1850 g/mol. The van der Waals surface area contributed by atoms with Gasteiger partial charge in [-0.15, -0.1) is 105 Å². The Balaban J connectivity index is -0.000000133. The summed E-state index contributed by atoms with van der Waals surface area (Å²) in [6, 6.07) is 66.8. The average Bonchev–Trinajstić information content (AvgIpc) is 1.65. The van der Waals surface area contributed by atoms with E-state index in [0.717, 1.165) is 41.7 Å². The number of carbonyl (C=O) groups is 8. The fourth-order valence-corrected chi connectivity index (χ4v) is 10.2. The van der Waals surface area contributed by atoms with Gasteiger partial charge in [0.05, 0.1) is 38.9 Å². The Morgan fingerprint density at radius 1 is 0.433 bits per heavy atom. The number of aryl methyl sites for hydroxylation is 2. The van der Waals surface area contributed by atoms with Gasteiger partial charge in [0.1, 0.15) is 28.7 Å². The SMILES string of the molecule is C=C.C=C.C=C.C=C.C=C.C=C.C=C.C=C.CC.CC.CC(=O)OC(C)(C)C.CC(=O)c1ccccc1.CC(C)=O.CC(C)=O.CC1C(=O)c2ccccc2C1=O.CC1C=CC=C1.CC1CCCCC1.CC1Oc2ccccc2O1.CN1CCC(=O)C1.CN1CCCCC1.COC(=O)c1ccccc1.COCc1ccccc1.COc1ccccc1.Cc1ccccc1.Cn1cccc1. The van der Waals surface area contributed by atoms with Crippen LogP contribution in [0.4, 0.5) is 0 Å². The van der Waals surface area contributed by atoms with Crippen molar-refractivity contribution in [2.45, 2.75) is 201 Å². The molecule has 0 amide bonds. The number of para-hydroxylation sites is 3. The van der Waals surface area contributed by atoms with Crippen molar-refractivity contribution in [3.63, 3.8) is 0 Å². The predicted octanol–water partition coefficient (Wildman–Crippen LogP) is 29.8. The van der Waals surface area contributed by atoms with Gasteiger partial charge < -0.3 is 47.5 Å². The fourth-order valence-electron chi connectivity index (χ4n) is 10.2. The minimum atomic E-state index is -0.470. The number of fused-ring (bicyclic) bond motifs is 2. The third kappa shape index (κ3) is 95.5. The number of hydrogen-bond donors (Lipinski definition) is 0. The van der Waals surface area contributed by atoms with Crippen molar-refractivity contribution in [3.8, 4) is 17.2 Å². The number of allylic oxidation sites excluding steroid dienone is 4. The third-order valence-electron chi connectivity index (χ3n) is 16.0. The van der Waals surface area contributed by atoms with Crippen LogP contribution in [0.25, 0.3) is 0 Å². The second-order valence-corrected chi connectivity index (χ2v) is 28.7. The normalized spacial score (nSPS) is 12.1. The Morgan fingerprint density at radius 2 is 0.776 bits per heavy atom. The number of piperidine rings is 1. The number of nitrogens with zero attached hydrogens (tertiary/aromatic N) is 3. The molecule has 0 bridgehead atoms. The maximum atomic E-state index is 11.4. The lowest BCUT2D eigenvalue weighted by Crippen LogP contribution is -2.24. The number of ether oxygens (including phenoxy) is 6. The zero-order chi connectivity index (χ0) is 105. The number of likely N-dealkylation sites (N-methyl/N-ethyl adjacent to an activating group) is 1. The number of carbonyl (C=O) groups excluding carboxylic acids is 8. The van der Waals surface area contributed by atoms with Crippen LogP contribution < -0.4 is 14.2 Å². The summed E-state index contributed by atoms with van der Waals surface area (Å²) in [5.74, 6) is 4.07. The van der Waals surface area contributed by atoms with Crippen LogP contribution in [0.2, 0.25) is 0 Å². The lowest BCUT2D eigenvalue weighted by molar-refractivity contribution is -0.152. The minimum Gasteiger partial charge on any atom is -0.497 e. The van der Waals surface area contributed by atoms with E-state index in [1.807, 2.05) is 243 Å². The van der Waals surface area contributed by atoms with E-state index in [4.69, 9.17) is 23.7 Å². The molecule has 7 aromatic carbocycles. The Bertz CT molecular complexity index is 3930. The molecule has 3 aliphatic carbocycles. The highest BCUT2D eigenvalue weighted by molar-refractivity contribution is 6.26. The molecule has 17 nitrogen and oxygen atoms in total. The number of Topliss-reactive ketones (excluding diaryl/α,β-unsaturated/α-hetero) is 6. The molecule has 1 aromatic heterocycles. The summed E-state index contributed by atoms with van der Waals surface area (Å²) in [6.45, 7) is 85.7. The van der Waals surface area contributed by atoms with Crippen LogP contribution in [0.3, 0.4) is 0 Å². The van der Waals surface area contributed by atoms with Crippen LogP contribution in [0.5, 0.6) is 17.2 Å². The molecule has 0 unspecified atom stereocenters. The molecule has 0 N–H and O–H groups in total. The molecule has 744 valence electrons. The first-order valence-electron chi connectivity index (χ1n) is 45.1. The summed E-state index contributed by atoms with van der Waals surface area (Å²) < 4.78 is 31.7. The Morgan fingerprint density at radius 3 is 1.00 bits per heavy atom. The summed E-state index contributed by atoms with van der Waals surface area (Å²) in [5, 5.41) is 0. The first-order chi connectivity index (χ1) is 64.2. The zero-order valence-corrected chi connectivity index (χ0v) is 87.3. The maximum Gasteiger partial charge on any atom is 0.337 e. The van der Waals surface area contributed by atoms with Crippen LogP contribution in [-0.2, 0) is 47.0 Å². The van der Waals surface area contributed by atoms with Crippen LogP contribution in [0.15, 0.2) is 354 Å². The van der Waals surface area contributed by atoms with Crippen molar-refractivity contribution >= 4 is 46.6 Å². The zero-order valence-electron chi connectivity index (χ0n) is 87.3. The van der Waals surface area contributed by atoms with Gasteiger partial charge in [-0.3, -0.25) is 28.9 Å². The summed E-state index contributed by atoms with van der Waals surface area (Å²) in [7, 11) is 10.9. The van der Waals surface area contributed by atoms with Crippen molar-refractivity contribution in [2.24, 2.45) is 24.8 Å². The molecule has 1 saturated carbocycles. The van der Waals surface area contributed by atoms with E-state index in [9.17, 15) is 38.4 Å². The average molecular weight is 1850 g/mol. The van der Waals surface area contributed by atoms with Gasteiger partial charge in [0, 0.05) is 70.1 Å². The molecule has 17 heteroatoms. The number of rotatable bonds is 5. The van der Waals surface area contributed by atoms with E-state index in [0.29, 0.717) is 41.5 Å². The number of hydrogen-bond acceptors (Lipinski definition) is 16. The van der Waals surface area contributed by atoms with Crippen molar-refractivity contribution in [1.29, 1.82) is 0 Å². The second-order valence-electron chi connectivity index (χ2n) is 28.7. The van der Waals surface area contributed by atoms with Crippen LogP contribution in [0, 0.1) is 24.7 Å². The van der Waals surface area contributed by atoms with Gasteiger partial charge in [0.15, 0.2) is 28.8 Å². The quantitative estimate of drug-likeness (QED) is 0.0680. The fraction of sp³-hybridized carbons (Fsp3) is 0.368. The lowest BCUT2D eigenvalue weighted by atomic mass is 9.91. The van der Waals surface area contributed by atoms with Gasteiger partial charge in [-0.05, 0) is 175 Å². The van der Waals surface area contributed by atoms with Gasteiger partial charge in [-0.1, -0.05) is 274 Å². The van der Waals surface area contributed by atoms with Crippen molar-refractivity contribution in [1.82, 2.24) is 14.4 Å². The summed E-state index contributed by atoms with van der Waals surface area (Å²) >= 11 is 0. The van der Waals surface area contributed by atoms with Crippen LogP contribution in [-0.4, -0.2) is 134 Å². The van der Waals surface area contributed by atoms with Crippen molar-refractivity contribution in [2.75, 3.05) is 61.6 Å². The Kier molecular flexibility index (Phi) is 116. The summed E-state index contributed by atoms with van der Waals surface area (Å²) in [5.41, 5.74) is 4.74. The van der Waals surface area contributed by atoms with Crippen molar-refractivity contribution in [3.05, 3.63) is 388 Å². The van der Waals surface area contributed by atoms with E-state index in [-0.39, 0.29) is 52.7 Å². The topological polar surface area (TPSA) is 203 Å². The number of benzene rings is 7. The standard InChI is InChI=1S/C10H8O2.2C8H8O2.C8H10O.C8H8O.C7H8O.C7H14.C7H8.C6H13N.C6H12O2.C6H8.C5H9NO.C5H7N.2C3H6O.2C2H6.8C2H4/c1-6-9(11)7-4-2-3-5-8(7)10(6)12;1-6-9-7-4-2-3-5-8(7)10-6;1-10-8(9)7-5-3-2-4-6-7;1-9-7-8-5-3-2-4-6-8;1-7(9)8-5-3-2-4-6-8;1-8-7-5-3-2-4-6-7;3*1-7-5-3-2-4-6-7;1-5(7)8-6(2,3)4;1-6-4-2-3-5-6;1-6-3-2-5(7)4-6;1-6-4-2-3-5-6;2*1-3(2)4;10*1-2/h2-6H,1H3;2*2-6H,1H3;2-6H,7H2,1H3;2-6H,1H3;2-6H,1H3;7H,2-6H2,1H3;2-6H,1H3;2-6H2,1H3;1-4H3;2-6H,1H3;2-4H2,1H3;2-5H,1H3;2*1-2H3;2*1-2H3;8*1-2H2. The molecule has 6 aliphatic rings. The molecule has 2 saturated heterocycles. The third-order valence-corrected chi connectivity index (χ3v) is 16.0. The smallest absolute Gasteiger partial charge is 0.337 e. The number of ketones is 6. The van der Waals surface area contributed by atoms with Crippen LogP contribution >= 0.6 is 0 Å². The van der Waals surface area contributed by atoms with E-state index in [2.05, 4.69) is 179 Å². The Hall–Kier alpha value is -12.5. The summed E-state index contributed by atoms with van der Waals surface area (Å²) in [4.78, 5) is 88.2. The highest BCUT2D eigenvalue weighted by Crippen LogP contribution is 2.33. The van der Waals surface area contributed by atoms with E-state index in [1.54, 1.807) is 76.6 Å². The van der Waals surface area contributed by atoms with Gasteiger partial charge in [-0.2, -0.15) is 0 Å². The van der Waals surface area contributed by atoms with Gasteiger partial charge in [0.25, 0.3) is 0 Å². The highest BCUT2D eigenvalue weighted by Gasteiger charge is 2.34.